The van der Waals surface area contributed by atoms with Crippen molar-refractivity contribution in [1.29, 1.82) is 0 Å². The number of nitrogens with zero attached hydrogens (tertiary/aromatic N) is 2. The molecule has 1 heterocycles. The molecule has 1 amide bonds. The van der Waals surface area contributed by atoms with Gasteiger partial charge in [0.2, 0.25) is 0 Å². The highest BCUT2D eigenvalue weighted by molar-refractivity contribution is 8.14. The van der Waals surface area contributed by atoms with Gasteiger partial charge in [0.25, 0.3) is 5.91 Å². The number of amides is 1. The van der Waals surface area contributed by atoms with E-state index >= 15 is 0 Å². The maximum absolute atomic E-state index is 13.2. The number of carbonyl (C=O) groups excluding carboxylic acids is 2. The first kappa shape index (κ1) is 21.6. The summed E-state index contributed by atoms with van der Waals surface area (Å²) in [5, 5.41) is 0.420. The van der Waals surface area contributed by atoms with E-state index in [9.17, 15) is 9.59 Å². The number of carbonyl (C=O) groups is 2. The molecule has 30 heavy (non-hydrogen) atoms. The molecule has 0 atom stereocenters. The Bertz CT molecular complexity index is 997. The third-order valence-electron chi connectivity index (χ3n) is 4.59. The van der Waals surface area contributed by atoms with Crippen molar-refractivity contribution in [1.82, 2.24) is 0 Å². The van der Waals surface area contributed by atoms with Crippen LogP contribution >= 0.6 is 11.8 Å². The van der Waals surface area contributed by atoms with Crippen molar-refractivity contribution in [2.24, 2.45) is 4.99 Å². The quantitative estimate of drug-likeness (QED) is 0.506. The fourth-order valence-corrected chi connectivity index (χ4v) is 3.73. The Balaban J connectivity index is 1.94. The third kappa shape index (κ3) is 4.91. The average Bonchev–Trinajstić information content (AvgIpc) is 3.07. The number of rotatable bonds is 6. The van der Waals surface area contributed by atoms with E-state index in [0.29, 0.717) is 28.2 Å². The molecule has 6 nitrogen and oxygen atoms in total. The van der Waals surface area contributed by atoms with Crippen molar-refractivity contribution in [2.45, 2.75) is 19.8 Å². The Morgan fingerprint density at radius 2 is 1.90 bits per heavy atom. The number of hydrogen-bond donors (Lipinski definition) is 0. The van der Waals surface area contributed by atoms with Crippen LogP contribution in [0.2, 0.25) is 0 Å². The molecular formula is C23H24N2O4S. The molecule has 0 N–H and O–H groups in total. The number of thioether (sulfide) groups is 1. The van der Waals surface area contributed by atoms with Gasteiger partial charge in [0.05, 0.1) is 25.7 Å². The van der Waals surface area contributed by atoms with Crippen LogP contribution in [0, 0.1) is 0 Å². The monoisotopic (exact) mass is 424 g/mol. The Morgan fingerprint density at radius 3 is 2.53 bits per heavy atom. The number of amidine groups is 1. The Hall–Kier alpha value is -3.06. The number of aliphatic imine (C=N–C) groups is 1. The van der Waals surface area contributed by atoms with E-state index in [1.54, 1.807) is 37.5 Å². The van der Waals surface area contributed by atoms with Crippen LogP contribution in [0.15, 0.2) is 59.2 Å². The number of hydrogen-bond acceptors (Lipinski definition) is 6. The fraction of sp³-hybridized carbons (Fsp3) is 0.261. The molecule has 156 valence electrons. The van der Waals surface area contributed by atoms with Crippen LogP contribution in [-0.2, 0) is 14.3 Å². The molecule has 0 fully saturated rings. The second-order valence-electron chi connectivity index (χ2n) is 6.95. The van der Waals surface area contributed by atoms with E-state index in [-0.39, 0.29) is 17.6 Å². The van der Waals surface area contributed by atoms with Gasteiger partial charge in [-0.3, -0.25) is 14.5 Å². The van der Waals surface area contributed by atoms with Gasteiger partial charge in [-0.1, -0.05) is 55.9 Å². The Morgan fingerprint density at radius 1 is 1.17 bits per heavy atom. The molecule has 7 heteroatoms. The second kappa shape index (κ2) is 9.63. The first-order valence-electron chi connectivity index (χ1n) is 9.51. The van der Waals surface area contributed by atoms with Gasteiger partial charge in [-0.05, 0) is 35.3 Å². The summed E-state index contributed by atoms with van der Waals surface area (Å²) in [5.74, 6) is 0.465. The topological polar surface area (TPSA) is 68.2 Å². The molecule has 0 saturated carbocycles. The molecule has 0 radical (unpaired) electrons. The summed E-state index contributed by atoms with van der Waals surface area (Å²) in [6, 6.07) is 15.2. The smallest absolute Gasteiger partial charge is 0.316 e. The van der Waals surface area contributed by atoms with Gasteiger partial charge in [0.15, 0.2) is 5.17 Å². The zero-order valence-corrected chi connectivity index (χ0v) is 18.2. The van der Waals surface area contributed by atoms with Crippen molar-refractivity contribution in [3.63, 3.8) is 0 Å². The van der Waals surface area contributed by atoms with Crippen LogP contribution < -0.4 is 9.64 Å². The lowest BCUT2D eigenvalue weighted by atomic mass is 10.0. The summed E-state index contributed by atoms with van der Waals surface area (Å²) in [7, 11) is 2.90. The van der Waals surface area contributed by atoms with E-state index < -0.39 is 0 Å². The van der Waals surface area contributed by atoms with Gasteiger partial charge in [-0.15, -0.1) is 0 Å². The number of benzene rings is 2. The minimum absolute atomic E-state index is 0.0550. The summed E-state index contributed by atoms with van der Waals surface area (Å²) in [6.45, 7) is 4.27. The highest BCUT2D eigenvalue weighted by Crippen LogP contribution is 2.31. The van der Waals surface area contributed by atoms with Crippen molar-refractivity contribution in [3.05, 3.63) is 65.4 Å². The summed E-state index contributed by atoms with van der Waals surface area (Å²) < 4.78 is 9.99. The van der Waals surface area contributed by atoms with Gasteiger partial charge in [-0.25, -0.2) is 4.99 Å². The van der Waals surface area contributed by atoms with Crippen molar-refractivity contribution >= 4 is 40.6 Å². The van der Waals surface area contributed by atoms with E-state index in [1.807, 2.05) is 24.3 Å². The summed E-state index contributed by atoms with van der Waals surface area (Å²) in [5.41, 5.74) is 3.04. The molecule has 3 rings (SSSR count). The van der Waals surface area contributed by atoms with E-state index in [0.717, 1.165) is 17.3 Å². The van der Waals surface area contributed by atoms with Gasteiger partial charge in [0.1, 0.15) is 11.4 Å². The van der Waals surface area contributed by atoms with Crippen molar-refractivity contribution in [3.8, 4) is 5.75 Å². The molecule has 0 aromatic heterocycles. The van der Waals surface area contributed by atoms with Crippen LogP contribution in [0.5, 0.6) is 5.75 Å². The van der Waals surface area contributed by atoms with Crippen LogP contribution in [0.25, 0.3) is 6.08 Å². The van der Waals surface area contributed by atoms with E-state index in [2.05, 4.69) is 18.8 Å². The van der Waals surface area contributed by atoms with Gasteiger partial charge in [-0.2, -0.15) is 0 Å². The molecule has 0 bridgehead atoms. The lowest BCUT2D eigenvalue weighted by Gasteiger charge is -2.18. The highest BCUT2D eigenvalue weighted by Gasteiger charge is 2.32. The Labute approximate surface area is 180 Å². The minimum atomic E-state index is -0.387. The van der Waals surface area contributed by atoms with E-state index in [1.165, 1.54) is 17.6 Å². The minimum Gasteiger partial charge on any atom is -0.497 e. The van der Waals surface area contributed by atoms with E-state index in [4.69, 9.17) is 9.47 Å². The molecule has 1 aliphatic heterocycles. The van der Waals surface area contributed by atoms with Crippen molar-refractivity contribution < 1.29 is 19.1 Å². The maximum Gasteiger partial charge on any atom is 0.316 e. The summed E-state index contributed by atoms with van der Waals surface area (Å²) in [6.07, 6.45) is 1.76. The lowest BCUT2D eigenvalue weighted by Crippen LogP contribution is -2.30. The standard InChI is InChI=1S/C23H24N2O4S/c1-15(2)17-10-8-16(9-11-17)12-20-22(27)25(18-6-5-7-19(13-18)28-3)23(24-20)30-14-21(26)29-4/h5-13,15H,14H2,1-4H3/b20-12+. The van der Waals surface area contributed by atoms with Crippen LogP contribution in [0.3, 0.4) is 0 Å². The maximum atomic E-state index is 13.2. The molecule has 0 spiro atoms. The number of esters is 1. The van der Waals surface area contributed by atoms with Crippen LogP contribution in [0.1, 0.15) is 30.9 Å². The Kier molecular flexibility index (Phi) is 6.95. The molecule has 0 saturated heterocycles. The van der Waals surface area contributed by atoms with Gasteiger partial charge >= 0.3 is 5.97 Å². The van der Waals surface area contributed by atoms with Crippen LogP contribution in [0.4, 0.5) is 5.69 Å². The van der Waals surface area contributed by atoms with Crippen LogP contribution in [-0.4, -0.2) is 37.0 Å². The molecule has 0 unspecified atom stereocenters. The number of methoxy groups -OCH3 is 2. The zero-order chi connectivity index (χ0) is 21.7. The number of anilines is 1. The lowest BCUT2D eigenvalue weighted by molar-refractivity contribution is -0.137. The predicted molar refractivity (Wildman–Crippen MR) is 121 cm³/mol. The average molecular weight is 425 g/mol. The second-order valence-corrected chi connectivity index (χ2v) is 7.89. The third-order valence-corrected chi connectivity index (χ3v) is 5.51. The largest absolute Gasteiger partial charge is 0.497 e. The molecule has 0 aliphatic carbocycles. The first-order valence-corrected chi connectivity index (χ1v) is 10.5. The molecule has 2 aromatic rings. The normalized spacial score (nSPS) is 15.0. The highest BCUT2D eigenvalue weighted by atomic mass is 32.2. The SMILES string of the molecule is COC(=O)CSC1=N/C(=C/c2ccc(C(C)C)cc2)C(=O)N1c1cccc(OC)c1. The molecule has 2 aromatic carbocycles. The first-order chi connectivity index (χ1) is 14.4. The zero-order valence-electron chi connectivity index (χ0n) is 17.4. The van der Waals surface area contributed by atoms with Gasteiger partial charge < -0.3 is 9.47 Å². The fourth-order valence-electron chi connectivity index (χ4n) is 2.89. The number of ether oxygens (including phenoxy) is 2. The van der Waals surface area contributed by atoms with Gasteiger partial charge in [0, 0.05) is 6.07 Å². The summed E-state index contributed by atoms with van der Waals surface area (Å²) >= 11 is 1.16. The molecule has 1 aliphatic rings. The predicted octanol–water partition coefficient (Wildman–Crippen LogP) is 4.47. The summed E-state index contributed by atoms with van der Waals surface area (Å²) in [4.78, 5) is 30.8. The molecular weight excluding hydrogens is 400 g/mol. The van der Waals surface area contributed by atoms with Crippen molar-refractivity contribution in [2.75, 3.05) is 24.9 Å².